The van der Waals surface area contributed by atoms with Gasteiger partial charge in [0.1, 0.15) is 0 Å². The molecule has 0 atom stereocenters. The van der Waals surface area contributed by atoms with Gasteiger partial charge in [0.2, 0.25) is 0 Å². The largest absolute Gasteiger partial charge is 0.380 e. The second-order valence-electron chi connectivity index (χ2n) is 4.23. The summed E-state index contributed by atoms with van der Waals surface area (Å²) in [6, 6.07) is 6.94. The van der Waals surface area contributed by atoms with Crippen molar-refractivity contribution in [2.75, 3.05) is 5.32 Å². The van der Waals surface area contributed by atoms with Crippen LogP contribution < -0.4 is 5.32 Å². The molecule has 0 amide bonds. The van der Waals surface area contributed by atoms with E-state index in [-0.39, 0.29) is 10.6 Å². The fraction of sp³-hybridized carbons (Fsp3) is 0.231. The maximum atomic E-state index is 10.7. The summed E-state index contributed by atoms with van der Waals surface area (Å²) in [5.74, 6) is 0. The van der Waals surface area contributed by atoms with E-state index < -0.39 is 0 Å². The van der Waals surface area contributed by atoms with Crippen LogP contribution in [0.5, 0.6) is 0 Å². The highest BCUT2D eigenvalue weighted by Crippen LogP contribution is 2.28. The second-order valence-corrected chi connectivity index (χ2v) is 6.42. The van der Waals surface area contributed by atoms with Gasteiger partial charge in [-0.15, -0.1) is 11.3 Å². The Kier molecular flexibility index (Phi) is 4.21. The molecule has 0 unspecified atom stereocenters. The highest BCUT2D eigenvalue weighted by atomic mass is 79.9. The molecule has 1 N–H and O–H groups in total. The van der Waals surface area contributed by atoms with Crippen LogP contribution in [0.15, 0.2) is 28.7 Å². The second kappa shape index (κ2) is 5.71. The molecule has 0 aliphatic heterocycles. The van der Waals surface area contributed by atoms with Crippen LogP contribution in [0.1, 0.15) is 15.3 Å². The van der Waals surface area contributed by atoms with Crippen LogP contribution in [-0.4, -0.2) is 4.92 Å². The van der Waals surface area contributed by atoms with Gasteiger partial charge in [0, 0.05) is 38.6 Å². The van der Waals surface area contributed by atoms with Crippen molar-refractivity contribution >= 4 is 38.6 Å². The number of anilines is 1. The average Bonchev–Trinajstić information content (AvgIpc) is 2.67. The molecular weight excluding hydrogens is 328 g/mol. The zero-order chi connectivity index (χ0) is 14.0. The molecule has 0 saturated carbocycles. The fourth-order valence-electron chi connectivity index (χ4n) is 1.75. The van der Waals surface area contributed by atoms with Gasteiger partial charge in [-0.05, 0) is 47.5 Å². The lowest BCUT2D eigenvalue weighted by atomic mass is 10.2. The predicted molar refractivity (Wildman–Crippen MR) is 81.9 cm³/mol. The molecule has 2 rings (SSSR count). The number of thiophene rings is 1. The van der Waals surface area contributed by atoms with E-state index in [0.29, 0.717) is 0 Å². The van der Waals surface area contributed by atoms with Crippen molar-refractivity contribution in [3.8, 4) is 0 Å². The number of benzene rings is 1. The molecule has 2 aromatic rings. The molecule has 0 fully saturated rings. The quantitative estimate of drug-likeness (QED) is 0.651. The number of halogens is 1. The van der Waals surface area contributed by atoms with Crippen LogP contribution in [0.3, 0.4) is 0 Å². The van der Waals surface area contributed by atoms with E-state index in [0.717, 1.165) is 22.3 Å². The molecular formula is C13H13BrN2O2S. The predicted octanol–water partition coefficient (Wildman–Crippen LogP) is 4.65. The van der Waals surface area contributed by atoms with Gasteiger partial charge in [-0.2, -0.15) is 0 Å². The van der Waals surface area contributed by atoms with Gasteiger partial charge in [0.25, 0.3) is 5.69 Å². The van der Waals surface area contributed by atoms with Gasteiger partial charge in [0.05, 0.1) is 4.92 Å². The number of hydrogen-bond donors (Lipinski definition) is 1. The maximum absolute atomic E-state index is 10.7. The molecule has 0 saturated heterocycles. The summed E-state index contributed by atoms with van der Waals surface area (Å²) >= 11 is 5.22. The summed E-state index contributed by atoms with van der Waals surface area (Å²) < 4.78 is 1.12. The summed E-state index contributed by atoms with van der Waals surface area (Å²) in [6.45, 7) is 4.65. The molecule has 4 nitrogen and oxygen atoms in total. The summed E-state index contributed by atoms with van der Waals surface area (Å²) in [4.78, 5) is 12.8. The van der Waals surface area contributed by atoms with E-state index in [9.17, 15) is 10.1 Å². The monoisotopic (exact) mass is 340 g/mol. The third-order valence-corrected chi connectivity index (χ3v) is 4.92. The first-order chi connectivity index (χ1) is 8.97. The Labute approximate surface area is 123 Å². The van der Waals surface area contributed by atoms with E-state index in [2.05, 4.69) is 34.2 Å². The topological polar surface area (TPSA) is 55.2 Å². The van der Waals surface area contributed by atoms with Gasteiger partial charge >= 0.3 is 0 Å². The smallest absolute Gasteiger partial charge is 0.269 e. The van der Waals surface area contributed by atoms with Gasteiger partial charge in [-0.3, -0.25) is 10.1 Å². The van der Waals surface area contributed by atoms with Crippen molar-refractivity contribution in [1.29, 1.82) is 0 Å². The van der Waals surface area contributed by atoms with Crippen molar-refractivity contribution in [1.82, 2.24) is 0 Å². The zero-order valence-electron chi connectivity index (χ0n) is 10.6. The molecule has 1 aromatic carbocycles. The number of nitro groups is 1. The Balaban J connectivity index is 2.09. The van der Waals surface area contributed by atoms with Crippen LogP contribution in [0.4, 0.5) is 11.4 Å². The average molecular weight is 341 g/mol. The standard InChI is InChI=1S/C13H13BrN2O2S/c1-8-5-10(16(17)18)3-4-13(8)15-7-11-6-12(14)9(2)19-11/h3-6,15H,7H2,1-2H3. The van der Waals surface area contributed by atoms with E-state index in [1.807, 2.05) is 6.92 Å². The fourth-order valence-corrected chi connectivity index (χ4v) is 3.29. The number of nitro benzene ring substituents is 1. The Morgan fingerprint density at radius 2 is 2.11 bits per heavy atom. The number of rotatable bonds is 4. The molecule has 100 valence electrons. The van der Waals surface area contributed by atoms with Gasteiger partial charge in [0.15, 0.2) is 0 Å². The van der Waals surface area contributed by atoms with Gasteiger partial charge in [-0.1, -0.05) is 0 Å². The van der Waals surface area contributed by atoms with Crippen LogP contribution in [0.25, 0.3) is 0 Å². The summed E-state index contributed by atoms with van der Waals surface area (Å²) in [5.41, 5.74) is 1.92. The summed E-state index contributed by atoms with van der Waals surface area (Å²) in [5, 5.41) is 14.0. The normalized spacial score (nSPS) is 10.5. The van der Waals surface area contributed by atoms with Crippen molar-refractivity contribution in [3.05, 3.63) is 54.2 Å². The van der Waals surface area contributed by atoms with E-state index >= 15 is 0 Å². The first-order valence-electron chi connectivity index (χ1n) is 5.71. The molecule has 0 radical (unpaired) electrons. The molecule has 19 heavy (non-hydrogen) atoms. The number of nitrogens with one attached hydrogen (secondary N) is 1. The third-order valence-electron chi connectivity index (χ3n) is 2.78. The van der Waals surface area contributed by atoms with Crippen molar-refractivity contribution in [3.63, 3.8) is 0 Å². The first-order valence-corrected chi connectivity index (χ1v) is 7.32. The Bertz CT molecular complexity index is 606. The van der Waals surface area contributed by atoms with Gasteiger partial charge in [-0.25, -0.2) is 0 Å². The number of aryl methyl sites for hydroxylation is 2. The van der Waals surface area contributed by atoms with Crippen LogP contribution in [-0.2, 0) is 6.54 Å². The van der Waals surface area contributed by atoms with Crippen molar-refractivity contribution < 1.29 is 4.92 Å². The summed E-state index contributed by atoms with van der Waals surface area (Å²) in [7, 11) is 0. The number of non-ortho nitro benzene ring substituents is 1. The first kappa shape index (κ1) is 14.0. The van der Waals surface area contributed by atoms with E-state index in [1.165, 1.54) is 15.8 Å². The Morgan fingerprint density at radius 1 is 1.37 bits per heavy atom. The number of hydrogen-bond acceptors (Lipinski definition) is 4. The minimum Gasteiger partial charge on any atom is -0.380 e. The highest BCUT2D eigenvalue weighted by Gasteiger charge is 2.08. The number of nitrogens with zero attached hydrogens (tertiary/aromatic N) is 1. The van der Waals surface area contributed by atoms with E-state index in [4.69, 9.17) is 0 Å². The molecule has 6 heteroatoms. The lowest BCUT2D eigenvalue weighted by molar-refractivity contribution is -0.384. The van der Waals surface area contributed by atoms with Crippen molar-refractivity contribution in [2.24, 2.45) is 0 Å². The Morgan fingerprint density at radius 3 is 2.63 bits per heavy atom. The Hall–Kier alpha value is -1.40. The van der Waals surface area contributed by atoms with Gasteiger partial charge < -0.3 is 5.32 Å². The van der Waals surface area contributed by atoms with Crippen LogP contribution >= 0.6 is 27.3 Å². The molecule has 1 aromatic heterocycles. The lowest BCUT2D eigenvalue weighted by Crippen LogP contribution is -2.00. The molecule has 1 heterocycles. The molecule has 0 aliphatic rings. The summed E-state index contributed by atoms with van der Waals surface area (Å²) in [6.07, 6.45) is 0. The minimum atomic E-state index is -0.378. The third kappa shape index (κ3) is 3.33. The van der Waals surface area contributed by atoms with E-state index in [1.54, 1.807) is 23.5 Å². The SMILES string of the molecule is Cc1cc([N+](=O)[O-])ccc1NCc1cc(Br)c(C)s1. The lowest BCUT2D eigenvalue weighted by Gasteiger charge is -2.08. The molecule has 0 bridgehead atoms. The molecule has 0 spiro atoms. The molecule has 0 aliphatic carbocycles. The maximum Gasteiger partial charge on any atom is 0.269 e. The minimum absolute atomic E-state index is 0.123. The zero-order valence-corrected chi connectivity index (χ0v) is 13.0. The van der Waals surface area contributed by atoms with Crippen LogP contribution in [0, 0.1) is 24.0 Å². The van der Waals surface area contributed by atoms with Crippen LogP contribution in [0.2, 0.25) is 0 Å². The van der Waals surface area contributed by atoms with Crippen molar-refractivity contribution in [2.45, 2.75) is 20.4 Å². The highest BCUT2D eigenvalue weighted by molar-refractivity contribution is 9.10.